The van der Waals surface area contributed by atoms with Crippen LogP contribution in [0.3, 0.4) is 0 Å². The lowest BCUT2D eigenvalue weighted by Crippen LogP contribution is -2.42. The molecule has 5 nitrogen and oxygen atoms in total. The fourth-order valence-electron chi connectivity index (χ4n) is 1.13. The molecule has 1 fully saturated rings. The summed E-state index contributed by atoms with van der Waals surface area (Å²) in [5, 5.41) is 5.00. The molecule has 0 unspecified atom stereocenters. The summed E-state index contributed by atoms with van der Waals surface area (Å²) in [6.07, 6.45) is -0.0702. The van der Waals surface area contributed by atoms with Crippen molar-refractivity contribution in [3.8, 4) is 0 Å². The van der Waals surface area contributed by atoms with Crippen molar-refractivity contribution in [2.75, 3.05) is 19.6 Å². The third-order valence-electron chi connectivity index (χ3n) is 1.80. The predicted octanol–water partition coefficient (Wildman–Crippen LogP) is -0.582. The van der Waals surface area contributed by atoms with Gasteiger partial charge in [-0.3, -0.25) is 9.59 Å². The molecule has 0 aromatic heterocycles. The molecular formula is C9H16N2O3. The summed E-state index contributed by atoms with van der Waals surface area (Å²) in [6, 6.07) is -0.579. The average molecular weight is 206 g/mol. The Hall–Kier alpha value is -1.10. The van der Waals surface area contributed by atoms with Gasteiger partial charge in [-0.15, -0.1) is 0 Å². The zero-order valence-corrected chi connectivity index (χ0v) is 7.50. The molecule has 0 spiro atoms. The fourth-order valence-corrected chi connectivity index (χ4v) is 1.13. The van der Waals surface area contributed by atoms with E-state index >= 15 is 0 Å². The standard InChI is InChI=1S/C9H16N2O3/c1-2-14-8(12)6-11-9(13)7-4-3-5-10-7/h7,10H,2-6H2,1H3,(H,11,13)/t7-/m0/s1/i1D3,2D2,3D/t3-,7+/m1. The van der Waals surface area contributed by atoms with Crippen LogP contribution in [-0.4, -0.2) is 37.6 Å². The minimum atomic E-state index is -3.10. The molecule has 80 valence electrons. The van der Waals surface area contributed by atoms with Crippen molar-refractivity contribution >= 4 is 11.9 Å². The van der Waals surface area contributed by atoms with Gasteiger partial charge in [0.25, 0.3) is 0 Å². The number of esters is 1. The van der Waals surface area contributed by atoms with Gasteiger partial charge in [0.15, 0.2) is 0 Å². The van der Waals surface area contributed by atoms with Gasteiger partial charge < -0.3 is 15.4 Å². The quantitative estimate of drug-likeness (QED) is 0.604. The molecule has 1 aliphatic rings. The molecule has 0 aromatic carbocycles. The van der Waals surface area contributed by atoms with Gasteiger partial charge in [0, 0.05) is 5.48 Å². The van der Waals surface area contributed by atoms with E-state index in [1.165, 1.54) is 0 Å². The van der Waals surface area contributed by atoms with Gasteiger partial charge in [-0.2, -0.15) is 0 Å². The maximum absolute atomic E-state index is 11.6. The molecule has 0 bridgehead atoms. The van der Waals surface area contributed by atoms with E-state index in [0.29, 0.717) is 13.0 Å². The van der Waals surface area contributed by atoms with Crippen LogP contribution in [0.15, 0.2) is 0 Å². The van der Waals surface area contributed by atoms with Gasteiger partial charge in [-0.05, 0) is 26.2 Å². The molecule has 2 atom stereocenters. The van der Waals surface area contributed by atoms with Crippen LogP contribution in [0.1, 0.15) is 27.9 Å². The van der Waals surface area contributed by atoms with E-state index in [4.69, 9.17) is 8.22 Å². The lowest BCUT2D eigenvalue weighted by molar-refractivity contribution is -0.143. The molecule has 0 radical (unpaired) electrons. The van der Waals surface area contributed by atoms with Crippen molar-refractivity contribution in [3.63, 3.8) is 0 Å². The number of carbonyl (C=O) groups is 2. The van der Waals surface area contributed by atoms with Crippen molar-refractivity contribution < 1.29 is 22.6 Å². The second-order valence-electron chi connectivity index (χ2n) is 2.78. The summed E-state index contributed by atoms with van der Waals surface area (Å²) in [5.74, 6) is -1.69. The Bertz CT molecular complexity index is 386. The Morgan fingerprint density at radius 2 is 2.71 bits per heavy atom. The molecule has 0 aliphatic carbocycles. The molecular weight excluding hydrogens is 184 g/mol. The Balaban J connectivity index is 2.39. The number of rotatable bonds is 4. The lowest BCUT2D eigenvalue weighted by atomic mass is 10.2. The van der Waals surface area contributed by atoms with Gasteiger partial charge in [0.2, 0.25) is 5.91 Å². The number of amides is 1. The highest BCUT2D eigenvalue weighted by molar-refractivity contribution is 5.85. The highest BCUT2D eigenvalue weighted by atomic mass is 16.5. The Morgan fingerprint density at radius 3 is 3.36 bits per heavy atom. The summed E-state index contributed by atoms with van der Waals surface area (Å²) in [4.78, 5) is 22.9. The van der Waals surface area contributed by atoms with E-state index in [1.54, 1.807) is 0 Å². The number of carbonyl (C=O) groups excluding carboxylic acids is 2. The zero-order valence-electron chi connectivity index (χ0n) is 13.5. The van der Waals surface area contributed by atoms with Crippen molar-refractivity contribution in [2.24, 2.45) is 0 Å². The van der Waals surface area contributed by atoms with Crippen molar-refractivity contribution in [2.45, 2.75) is 25.7 Å². The Morgan fingerprint density at radius 1 is 1.86 bits per heavy atom. The zero-order chi connectivity index (χ0) is 15.6. The normalized spacial score (nSPS) is 34.0. The lowest BCUT2D eigenvalue weighted by Gasteiger charge is -2.10. The van der Waals surface area contributed by atoms with Gasteiger partial charge in [0.1, 0.15) is 6.54 Å². The largest absolute Gasteiger partial charge is 0.465 e. The van der Waals surface area contributed by atoms with Crippen LogP contribution in [0.25, 0.3) is 0 Å². The highest BCUT2D eigenvalue weighted by Crippen LogP contribution is 2.03. The van der Waals surface area contributed by atoms with Crippen LogP contribution in [0, 0.1) is 0 Å². The van der Waals surface area contributed by atoms with E-state index in [9.17, 15) is 9.59 Å². The summed E-state index contributed by atoms with van der Waals surface area (Å²) >= 11 is 0. The predicted molar refractivity (Wildman–Crippen MR) is 50.7 cm³/mol. The molecule has 1 heterocycles. The summed E-state index contributed by atoms with van der Waals surface area (Å²) < 4.78 is 46.4. The van der Waals surface area contributed by atoms with Crippen LogP contribution in [0.5, 0.6) is 0 Å². The first kappa shape index (κ1) is 5.11. The van der Waals surface area contributed by atoms with Crippen molar-refractivity contribution in [1.29, 1.82) is 0 Å². The average Bonchev–Trinajstić information content (AvgIpc) is 2.70. The third kappa shape index (κ3) is 3.33. The van der Waals surface area contributed by atoms with E-state index in [2.05, 4.69) is 15.4 Å². The summed E-state index contributed by atoms with van der Waals surface area (Å²) in [7, 11) is 0. The first-order chi connectivity index (χ1) is 9.03. The second-order valence-corrected chi connectivity index (χ2v) is 2.78. The maximum atomic E-state index is 11.6. The molecule has 1 amide bonds. The van der Waals surface area contributed by atoms with Gasteiger partial charge in [0.05, 0.1) is 15.3 Å². The SMILES string of the molecule is [2H][C@H]1CN[C@H](C(=O)NCC(=O)OC([2H])([2H])C([2H])([2H])[2H])C1. The number of nitrogens with one attached hydrogen (secondary N) is 2. The maximum Gasteiger partial charge on any atom is 0.325 e. The molecule has 0 aromatic rings. The molecule has 2 N–H and O–H groups in total. The third-order valence-corrected chi connectivity index (χ3v) is 1.80. The first-order valence-corrected chi connectivity index (χ1v) is 4.18. The van der Waals surface area contributed by atoms with Crippen molar-refractivity contribution in [1.82, 2.24) is 10.6 Å². The molecule has 1 rings (SSSR count). The van der Waals surface area contributed by atoms with E-state index in [0.717, 1.165) is 0 Å². The van der Waals surface area contributed by atoms with Crippen LogP contribution in [0.2, 0.25) is 0 Å². The van der Waals surface area contributed by atoms with Gasteiger partial charge in [-0.1, -0.05) is 0 Å². The topological polar surface area (TPSA) is 67.4 Å². The second kappa shape index (κ2) is 5.59. The first-order valence-electron chi connectivity index (χ1n) is 7.26. The Kier molecular flexibility index (Phi) is 2.04. The van der Waals surface area contributed by atoms with Crippen molar-refractivity contribution in [3.05, 3.63) is 0 Å². The van der Waals surface area contributed by atoms with E-state index in [1.807, 2.05) is 0 Å². The fraction of sp³-hybridized carbons (Fsp3) is 0.778. The van der Waals surface area contributed by atoms with Crippen LogP contribution >= 0.6 is 0 Å². The van der Waals surface area contributed by atoms with E-state index < -0.39 is 37.9 Å². The Labute approximate surface area is 91.6 Å². The minimum absolute atomic E-state index is 0.316. The number of ether oxygens (including phenoxy) is 1. The molecule has 1 saturated heterocycles. The molecule has 14 heavy (non-hydrogen) atoms. The summed E-state index contributed by atoms with van der Waals surface area (Å²) in [6.45, 7) is -6.45. The smallest absolute Gasteiger partial charge is 0.325 e. The van der Waals surface area contributed by atoms with Gasteiger partial charge >= 0.3 is 5.97 Å². The van der Waals surface area contributed by atoms with Crippen LogP contribution < -0.4 is 10.6 Å². The minimum Gasteiger partial charge on any atom is -0.465 e. The monoisotopic (exact) mass is 206 g/mol. The summed E-state index contributed by atoms with van der Waals surface area (Å²) in [5.41, 5.74) is 0. The number of hydrogen-bond acceptors (Lipinski definition) is 4. The number of hydrogen-bond donors (Lipinski definition) is 2. The molecule has 1 aliphatic heterocycles. The van der Waals surface area contributed by atoms with Crippen LogP contribution in [0.4, 0.5) is 0 Å². The van der Waals surface area contributed by atoms with Crippen LogP contribution in [-0.2, 0) is 14.3 Å². The van der Waals surface area contributed by atoms with E-state index in [-0.39, 0.29) is 6.40 Å². The highest BCUT2D eigenvalue weighted by Gasteiger charge is 2.21. The molecule has 0 saturated carbocycles. The van der Waals surface area contributed by atoms with Gasteiger partial charge in [-0.25, -0.2) is 0 Å². The molecule has 5 heteroatoms.